The molecule has 1 atom stereocenters. The van der Waals surface area contributed by atoms with Crippen LogP contribution in [-0.2, 0) is 9.53 Å². The van der Waals surface area contributed by atoms with E-state index < -0.39 is 0 Å². The van der Waals surface area contributed by atoms with Crippen LogP contribution >= 0.6 is 0 Å². The van der Waals surface area contributed by atoms with E-state index >= 15 is 0 Å². The van der Waals surface area contributed by atoms with Crippen molar-refractivity contribution in [2.75, 3.05) is 13.2 Å². The molecule has 1 rings (SSSR count). The minimum absolute atomic E-state index is 0.261. The summed E-state index contributed by atoms with van der Waals surface area (Å²) in [5.41, 5.74) is 2.50. The van der Waals surface area contributed by atoms with E-state index in [1.54, 1.807) is 13.0 Å². The maximum absolute atomic E-state index is 11.1. The molecule has 0 saturated carbocycles. The molecule has 0 aliphatic heterocycles. The number of rotatable bonds is 6. The Morgan fingerprint density at radius 2 is 2.28 bits per heavy atom. The third-order valence-corrected chi connectivity index (χ3v) is 2.62. The zero-order valence-corrected chi connectivity index (χ0v) is 11.3. The highest BCUT2D eigenvalue weighted by Gasteiger charge is 2.03. The predicted molar refractivity (Wildman–Crippen MR) is 73.4 cm³/mol. The summed E-state index contributed by atoms with van der Waals surface area (Å²) in [4.78, 5) is 11.1. The minimum Gasteiger partial charge on any atom is -0.463 e. The summed E-state index contributed by atoms with van der Waals surface area (Å²) < 4.78 is 4.80. The molecule has 0 radical (unpaired) electrons. The van der Waals surface area contributed by atoms with Gasteiger partial charge in [-0.3, -0.25) is 0 Å². The second-order valence-electron chi connectivity index (χ2n) is 4.20. The van der Waals surface area contributed by atoms with Crippen LogP contribution in [0.4, 0.5) is 0 Å². The van der Waals surface area contributed by atoms with Crippen LogP contribution in [0.2, 0.25) is 0 Å². The third kappa shape index (κ3) is 5.15. The Morgan fingerprint density at radius 1 is 1.50 bits per heavy atom. The first kappa shape index (κ1) is 14.5. The average Bonchev–Trinajstić information content (AvgIpc) is 2.35. The van der Waals surface area contributed by atoms with Crippen molar-refractivity contribution in [2.24, 2.45) is 0 Å². The molecule has 0 amide bonds. The van der Waals surface area contributed by atoms with Crippen molar-refractivity contribution in [1.29, 1.82) is 0 Å². The molecule has 0 fully saturated rings. The van der Waals surface area contributed by atoms with Gasteiger partial charge in [0.05, 0.1) is 6.61 Å². The van der Waals surface area contributed by atoms with Crippen LogP contribution < -0.4 is 5.32 Å². The SMILES string of the molecule is CCOC(=O)/C=C/CN[C@H](C)c1cccc(C)c1. The summed E-state index contributed by atoms with van der Waals surface area (Å²) in [7, 11) is 0. The van der Waals surface area contributed by atoms with Crippen LogP contribution in [0.15, 0.2) is 36.4 Å². The molecule has 0 aliphatic rings. The lowest BCUT2D eigenvalue weighted by Gasteiger charge is -2.13. The number of nitrogens with one attached hydrogen (secondary N) is 1. The van der Waals surface area contributed by atoms with E-state index in [1.165, 1.54) is 17.2 Å². The fraction of sp³-hybridized carbons (Fsp3) is 0.400. The van der Waals surface area contributed by atoms with Crippen LogP contribution in [0, 0.1) is 6.92 Å². The quantitative estimate of drug-likeness (QED) is 0.620. The monoisotopic (exact) mass is 247 g/mol. The summed E-state index contributed by atoms with van der Waals surface area (Å²) in [5.74, 6) is -0.289. The smallest absolute Gasteiger partial charge is 0.330 e. The topological polar surface area (TPSA) is 38.3 Å². The van der Waals surface area contributed by atoms with Crippen LogP contribution in [-0.4, -0.2) is 19.1 Å². The van der Waals surface area contributed by atoms with E-state index in [9.17, 15) is 4.79 Å². The van der Waals surface area contributed by atoms with E-state index in [0.29, 0.717) is 13.2 Å². The Hall–Kier alpha value is -1.61. The summed E-state index contributed by atoms with van der Waals surface area (Å²) >= 11 is 0. The molecule has 18 heavy (non-hydrogen) atoms. The van der Waals surface area contributed by atoms with Crippen molar-refractivity contribution >= 4 is 5.97 Å². The number of benzene rings is 1. The number of esters is 1. The molecule has 0 heterocycles. The number of ether oxygens (including phenoxy) is 1. The molecule has 3 nitrogen and oxygen atoms in total. The Morgan fingerprint density at radius 3 is 2.94 bits per heavy atom. The van der Waals surface area contributed by atoms with Gasteiger partial charge in [-0.2, -0.15) is 0 Å². The summed E-state index contributed by atoms with van der Waals surface area (Å²) in [5, 5.41) is 3.33. The van der Waals surface area contributed by atoms with Gasteiger partial charge in [-0.1, -0.05) is 35.9 Å². The lowest BCUT2D eigenvalue weighted by atomic mass is 10.1. The molecule has 98 valence electrons. The van der Waals surface area contributed by atoms with Crippen LogP contribution in [0.1, 0.15) is 31.0 Å². The minimum atomic E-state index is -0.289. The second kappa shape index (κ2) is 7.67. The lowest BCUT2D eigenvalue weighted by Crippen LogP contribution is -2.18. The first-order valence-corrected chi connectivity index (χ1v) is 6.26. The Balaban J connectivity index is 2.37. The van der Waals surface area contributed by atoms with E-state index in [4.69, 9.17) is 4.74 Å². The molecule has 0 unspecified atom stereocenters. The molecule has 0 spiro atoms. The van der Waals surface area contributed by atoms with Gasteiger partial charge in [0.15, 0.2) is 0 Å². The Bertz CT molecular complexity index is 413. The van der Waals surface area contributed by atoms with Gasteiger partial charge in [0.25, 0.3) is 0 Å². The van der Waals surface area contributed by atoms with Gasteiger partial charge in [0.1, 0.15) is 0 Å². The second-order valence-corrected chi connectivity index (χ2v) is 4.20. The maximum Gasteiger partial charge on any atom is 0.330 e. The largest absolute Gasteiger partial charge is 0.463 e. The van der Waals surface area contributed by atoms with Crippen molar-refractivity contribution in [1.82, 2.24) is 5.32 Å². The summed E-state index contributed by atoms with van der Waals surface area (Å²) in [6.45, 7) is 7.04. The van der Waals surface area contributed by atoms with E-state index in [0.717, 1.165) is 0 Å². The van der Waals surface area contributed by atoms with Gasteiger partial charge in [0.2, 0.25) is 0 Å². The van der Waals surface area contributed by atoms with Crippen LogP contribution in [0.5, 0.6) is 0 Å². The zero-order chi connectivity index (χ0) is 13.4. The number of hydrogen-bond acceptors (Lipinski definition) is 3. The summed E-state index contributed by atoms with van der Waals surface area (Å²) in [6.07, 6.45) is 3.24. The molecule has 0 aromatic heterocycles. The number of hydrogen-bond donors (Lipinski definition) is 1. The molecule has 0 saturated heterocycles. The highest BCUT2D eigenvalue weighted by Crippen LogP contribution is 2.13. The fourth-order valence-electron chi connectivity index (χ4n) is 1.65. The van der Waals surface area contributed by atoms with Crippen LogP contribution in [0.25, 0.3) is 0 Å². The van der Waals surface area contributed by atoms with Crippen molar-refractivity contribution in [3.05, 3.63) is 47.5 Å². The van der Waals surface area contributed by atoms with Gasteiger partial charge in [0, 0.05) is 18.7 Å². The standard InChI is InChI=1S/C15H21NO2/c1-4-18-15(17)9-6-10-16-13(3)14-8-5-7-12(2)11-14/h5-9,11,13,16H,4,10H2,1-3H3/b9-6+/t13-/m1/s1. The molecule has 1 aromatic carbocycles. The third-order valence-electron chi connectivity index (χ3n) is 2.62. The molecular formula is C15H21NO2. The van der Waals surface area contributed by atoms with Gasteiger partial charge in [-0.25, -0.2) is 4.79 Å². The summed E-state index contributed by atoms with van der Waals surface area (Å²) in [6, 6.07) is 8.65. The zero-order valence-electron chi connectivity index (χ0n) is 11.3. The van der Waals surface area contributed by atoms with Crippen molar-refractivity contribution in [3.8, 4) is 0 Å². The van der Waals surface area contributed by atoms with Gasteiger partial charge in [-0.05, 0) is 26.3 Å². The molecule has 0 aliphatic carbocycles. The number of aryl methyl sites for hydroxylation is 1. The van der Waals surface area contributed by atoms with E-state index in [-0.39, 0.29) is 12.0 Å². The van der Waals surface area contributed by atoms with E-state index in [2.05, 4.69) is 43.4 Å². The van der Waals surface area contributed by atoms with Crippen molar-refractivity contribution in [2.45, 2.75) is 26.8 Å². The molecule has 3 heteroatoms. The fourth-order valence-corrected chi connectivity index (χ4v) is 1.65. The Labute approximate surface area is 109 Å². The average molecular weight is 247 g/mol. The predicted octanol–water partition coefficient (Wildman–Crippen LogP) is 2.76. The highest BCUT2D eigenvalue weighted by molar-refractivity contribution is 5.81. The van der Waals surface area contributed by atoms with Crippen molar-refractivity contribution in [3.63, 3.8) is 0 Å². The maximum atomic E-state index is 11.1. The molecule has 1 N–H and O–H groups in total. The first-order chi connectivity index (χ1) is 8.63. The highest BCUT2D eigenvalue weighted by atomic mass is 16.5. The van der Waals surface area contributed by atoms with Gasteiger partial charge in [-0.15, -0.1) is 0 Å². The molecule has 1 aromatic rings. The first-order valence-electron chi connectivity index (χ1n) is 6.26. The van der Waals surface area contributed by atoms with E-state index in [1.807, 2.05) is 0 Å². The lowest BCUT2D eigenvalue weighted by molar-refractivity contribution is -0.137. The Kier molecular flexibility index (Phi) is 6.15. The molecule has 0 bridgehead atoms. The van der Waals surface area contributed by atoms with Crippen LogP contribution in [0.3, 0.4) is 0 Å². The van der Waals surface area contributed by atoms with Gasteiger partial charge >= 0.3 is 5.97 Å². The normalized spacial score (nSPS) is 12.6. The number of carbonyl (C=O) groups is 1. The van der Waals surface area contributed by atoms with Gasteiger partial charge < -0.3 is 10.1 Å². The molecular weight excluding hydrogens is 226 g/mol. The number of carbonyl (C=O) groups excluding carboxylic acids is 1. The van der Waals surface area contributed by atoms with Crippen molar-refractivity contribution < 1.29 is 9.53 Å².